The van der Waals surface area contributed by atoms with Crippen molar-refractivity contribution in [1.82, 2.24) is 10.2 Å². The van der Waals surface area contributed by atoms with Gasteiger partial charge in [-0.1, -0.05) is 49.7 Å². The van der Waals surface area contributed by atoms with Crippen molar-refractivity contribution in [2.75, 3.05) is 13.7 Å². The second kappa shape index (κ2) is 10.9. The Morgan fingerprint density at radius 1 is 1.07 bits per heavy atom. The van der Waals surface area contributed by atoms with Crippen LogP contribution in [0, 0.1) is 5.92 Å². The summed E-state index contributed by atoms with van der Waals surface area (Å²) in [6.07, 6.45) is 0.173. The summed E-state index contributed by atoms with van der Waals surface area (Å²) in [6.45, 7) is 6.70. The third kappa shape index (κ3) is 7.09. The summed E-state index contributed by atoms with van der Waals surface area (Å²) in [5.74, 6) is 0.741. The molecule has 0 heterocycles. The first-order chi connectivity index (χ1) is 13.8. The van der Waals surface area contributed by atoms with Gasteiger partial charge in [-0.3, -0.25) is 9.59 Å². The summed E-state index contributed by atoms with van der Waals surface area (Å²) in [5.41, 5.74) is 1.71. The van der Waals surface area contributed by atoms with Crippen molar-refractivity contribution in [2.45, 2.75) is 39.8 Å². The summed E-state index contributed by atoms with van der Waals surface area (Å²) < 4.78 is 5.28. The first-order valence-electron chi connectivity index (χ1n) is 9.74. The van der Waals surface area contributed by atoms with E-state index >= 15 is 0 Å². The Hall–Kier alpha value is -2.53. The molecule has 0 bridgehead atoms. The molecule has 1 N–H and O–H groups in total. The Kier molecular flexibility index (Phi) is 8.52. The Morgan fingerprint density at radius 3 is 2.41 bits per heavy atom. The van der Waals surface area contributed by atoms with Crippen LogP contribution in [0.2, 0.25) is 5.02 Å². The van der Waals surface area contributed by atoms with Crippen molar-refractivity contribution >= 4 is 23.4 Å². The molecule has 29 heavy (non-hydrogen) atoms. The van der Waals surface area contributed by atoms with Crippen LogP contribution in [-0.4, -0.2) is 36.4 Å². The number of rotatable bonds is 9. The van der Waals surface area contributed by atoms with Gasteiger partial charge in [0.05, 0.1) is 13.5 Å². The average Bonchev–Trinajstić information content (AvgIpc) is 2.69. The van der Waals surface area contributed by atoms with Crippen molar-refractivity contribution in [3.63, 3.8) is 0 Å². The summed E-state index contributed by atoms with van der Waals surface area (Å²) in [5, 5.41) is 3.50. The molecule has 0 aliphatic heterocycles. The second-order valence-corrected chi connectivity index (χ2v) is 7.93. The number of nitrogens with one attached hydrogen (secondary N) is 1. The third-order valence-electron chi connectivity index (χ3n) is 4.58. The number of hydrogen-bond acceptors (Lipinski definition) is 3. The maximum atomic E-state index is 13.1. The van der Waals surface area contributed by atoms with Gasteiger partial charge < -0.3 is 15.0 Å². The fraction of sp³-hybridized carbons (Fsp3) is 0.391. The summed E-state index contributed by atoms with van der Waals surface area (Å²) in [7, 11) is 1.60. The smallest absolute Gasteiger partial charge is 0.242 e. The maximum Gasteiger partial charge on any atom is 0.242 e. The second-order valence-electron chi connectivity index (χ2n) is 7.49. The molecule has 5 nitrogen and oxygen atoms in total. The van der Waals surface area contributed by atoms with Gasteiger partial charge in [0.15, 0.2) is 0 Å². The van der Waals surface area contributed by atoms with E-state index < -0.39 is 6.04 Å². The minimum absolute atomic E-state index is 0.137. The van der Waals surface area contributed by atoms with E-state index in [-0.39, 0.29) is 18.2 Å². The number of carbonyl (C=O) groups is 2. The normalized spacial score (nSPS) is 11.8. The molecule has 0 spiro atoms. The molecule has 0 saturated carbocycles. The molecule has 0 aliphatic carbocycles. The molecule has 0 unspecified atom stereocenters. The Bertz CT molecular complexity index is 838. The van der Waals surface area contributed by atoms with E-state index in [1.54, 1.807) is 31.1 Å². The van der Waals surface area contributed by atoms with Crippen molar-refractivity contribution < 1.29 is 14.3 Å². The fourth-order valence-electron chi connectivity index (χ4n) is 2.93. The third-order valence-corrected chi connectivity index (χ3v) is 4.82. The van der Waals surface area contributed by atoms with Crippen LogP contribution in [0.1, 0.15) is 31.9 Å². The van der Waals surface area contributed by atoms with E-state index in [4.69, 9.17) is 16.3 Å². The molecule has 156 valence electrons. The van der Waals surface area contributed by atoms with Gasteiger partial charge in [0.2, 0.25) is 11.8 Å². The van der Waals surface area contributed by atoms with Crippen molar-refractivity contribution in [1.29, 1.82) is 0 Å². The molecule has 0 radical (unpaired) electrons. The minimum Gasteiger partial charge on any atom is -0.497 e. The molecule has 2 rings (SSSR count). The number of halogens is 1. The highest BCUT2D eigenvalue weighted by atomic mass is 35.5. The topological polar surface area (TPSA) is 58.6 Å². The lowest BCUT2D eigenvalue weighted by atomic mass is 10.1. The molecule has 0 aromatic heterocycles. The van der Waals surface area contributed by atoms with Crippen LogP contribution in [0.25, 0.3) is 0 Å². The molecule has 2 aromatic carbocycles. The first kappa shape index (κ1) is 22.8. The molecule has 1 atom stereocenters. The monoisotopic (exact) mass is 416 g/mol. The van der Waals surface area contributed by atoms with Crippen molar-refractivity contribution in [3.05, 3.63) is 64.7 Å². The van der Waals surface area contributed by atoms with Crippen LogP contribution in [-0.2, 0) is 22.6 Å². The SMILES string of the molecule is COc1cccc(CN(C(=O)Cc2cccc(Cl)c2)[C@H](C)C(=O)NCC(C)C)c1. The zero-order valence-corrected chi connectivity index (χ0v) is 18.2. The number of nitrogens with zero attached hydrogens (tertiary/aromatic N) is 1. The van der Waals surface area contributed by atoms with E-state index in [0.29, 0.717) is 29.8 Å². The zero-order chi connectivity index (χ0) is 21.4. The predicted octanol–water partition coefficient (Wildman–Crippen LogP) is 4.08. The highest BCUT2D eigenvalue weighted by Crippen LogP contribution is 2.18. The quantitative estimate of drug-likeness (QED) is 0.670. The largest absolute Gasteiger partial charge is 0.497 e. The molecule has 2 aromatic rings. The number of benzene rings is 2. The maximum absolute atomic E-state index is 13.1. The van der Waals surface area contributed by atoms with Crippen LogP contribution in [0.4, 0.5) is 0 Å². The van der Waals surface area contributed by atoms with Crippen molar-refractivity contribution in [2.24, 2.45) is 5.92 Å². The van der Waals surface area contributed by atoms with Gasteiger partial charge in [-0.25, -0.2) is 0 Å². The number of hydrogen-bond donors (Lipinski definition) is 1. The van der Waals surface area contributed by atoms with Crippen molar-refractivity contribution in [3.8, 4) is 5.75 Å². The van der Waals surface area contributed by atoms with Gasteiger partial charge in [-0.2, -0.15) is 0 Å². The van der Waals surface area contributed by atoms with E-state index in [1.165, 1.54) is 0 Å². The molecule has 2 amide bonds. The van der Waals surface area contributed by atoms with E-state index in [1.807, 2.05) is 50.2 Å². The molecular formula is C23H29ClN2O3. The number of ether oxygens (including phenoxy) is 1. The van der Waals surface area contributed by atoms with Gasteiger partial charge in [0, 0.05) is 18.1 Å². The first-order valence-corrected chi connectivity index (χ1v) is 10.1. The summed E-state index contributed by atoms with van der Waals surface area (Å²) >= 11 is 6.05. The van der Waals surface area contributed by atoms with Gasteiger partial charge >= 0.3 is 0 Å². The van der Waals surface area contributed by atoms with E-state index in [2.05, 4.69) is 5.32 Å². The standard InChI is InChI=1S/C23H29ClN2O3/c1-16(2)14-25-23(28)17(3)26(15-19-8-6-10-21(12-19)29-4)22(27)13-18-7-5-9-20(24)11-18/h5-12,16-17H,13-15H2,1-4H3,(H,25,28)/t17-/m1/s1. The van der Waals surface area contributed by atoms with Gasteiger partial charge in [0.25, 0.3) is 0 Å². The van der Waals surface area contributed by atoms with Crippen LogP contribution in [0.5, 0.6) is 5.75 Å². The fourth-order valence-corrected chi connectivity index (χ4v) is 3.14. The van der Waals surface area contributed by atoms with Gasteiger partial charge in [-0.15, -0.1) is 0 Å². The van der Waals surface area contributed by atoms with E-state index in [0.717, 1.165) is 11.1 Å². The lowest BCUT2D eigenvalue weighted by Crippen LogP contribution is -2.48. The minimum atomic E-state index is -0.605. The lowest BCUT2D eigenvalue weighted by molar-refractivity contribution is -0.140. The number of amides is 2. The van der Waals surface area contributed by atoms with Gasteiger partial charge in [0.1, 0.15) is 11.8 Å². The Balaban J connectivity index is 2.23. The number of carbonyl (C=O) groups excluding carboxylic acids is 2. The Morgan fingerprint density at radius 2 is 1.76 bits per heavy atom. The van der Waals surface area contributed by atoms with Crippen LogP contribution in [0.15, 0.2) is 48.5 Å². The molecular weight excluding hydrogens is 388 g/mol. The lowest BCUT2D eigenvalue weighted by Gasteiger charge is -2.29. The van der Waals surface area contributed by atoms with Crippen LogP contribution >= 0.6 is 11.6 Å². The van der Waals surface area contributed by atoms with Crippen LogP contribution in [0.3, 0.4) is 0 Å². The molecule has 0 aliphatic rings. The highest BCUT2D eigenvalue weighted by molar-refractivity contribution is 6.30. The summed E-state index contributed by atoms with van der Waals surface area (Å²) in [4.78, 5) is 27.4. The van der Waals surface area contributed by atoms with Crippen LogP contribution < -0.4 is 10.1 Å². The predicted molar refractivity (Wildman–Crippen MR) is 116 cm³/mol. The Labute approximate surface area is 178 Å². The molecule has 6 heteroatoms. The highest BCUT2D eigenvalue weighted by Gasteiger charge is 2.26. The molecule has 0 fully saturated rings. The molecule has 0 saturated heterocycles. The zero-order valence-electron chi connectivity index (χ0n) is 17.4. The van der Waals surface area contributed by atoms with E-state index in [9.17, 15) is 9.59 Å². The average molecular weight is 417 g/mol. The number of methoxy groups -OCH3 is 1. The van der Waals surface area contributed by atoms with Gasteiger partial charge in [-0.05, 0) is 48.2 Å². The summed E-state index contributed by atoms with van der Waals surface area (Å²) in [6, 6.07) is 14.1.